The zero-order chi connectivity index (χ0) is 14.7. The zero-order valence-electron chi connectivity index (χ0n) is 11.7. The first kappa shape index (κ1) is 13.2. The monoisotopic (exact) mass is 286 g/mol. The summed E-state index contributed by atoms with van der Waals surface area (Å²) in [6, 6.07) is 9.83. The second-order valence-electron chi connectivity index (χ2n) is 4.39. The maximum atomic E-state index is 5.28. The molecule has 0 aliphatic rings. The lowest BCUT2D eigenvalue weighted by Crippen LogP contribution is -1.98. The van der Waals surface area contributed by atoms with Gasteiger partial charge in [-0.1, -0.05) is 22.4 Å². The van der Waals surface area contributed by atoms with E-state index < -0.39 is 0 Å². The van der Waals surface area contributed by atoms with Crippen molar-refractivity contribution in [3.63, 3.8) is 0 Å². The van der Waals surface area contributed by atoms with Crippen molar-refractivity contribution in [2.45, 2.75) is 13.5 Å². The molecule has 3 rings (SSSR count). The second kappa shape index (κ2) is 5.66. The Morgan fingerprint density at radius 2 is 2.14 bits per heavy atom. The quantitative estimate of drug-likeness (QED) is 0.771. The van der Waals surface area contributed by atoms with E-state index in [-0.39, 0.29) is 0 Å². The molecule has 0 saturated carbocycles. The van der Waals surface area contributed by atoms with Gasteiger partial charge < -0.3 is 19.0 Å². The van der Waals surface area contributed by atoms with Crippen molar-refractivity contribution >= 4 is 6.01 Å². The first-order chi connectivity index (χ1) is 10.2. The lowest BCUT2D eigenvalue weighted by atomic mass is 10.1. The number of anilines is 1. The summed E-state index contributed by atoms with van der Waals surface area (Å²) in [4.78, 5) is 0. The van der Waals surface area contributed by atoms with Gasteiger partial charge in [-0.2, -0.15) is 0 Å². The number of hydrogen-bond acceptors (Lipinski definition) is 7. The van der Waals surface area contributed by atoms with Gasteiger partial charge in [0.25, 0.3) is 0 Å². The van der Waals surface area contributed by atoms with Gasteiger partial charge in [0.1, 0.15) is 11.4 Å². The third-order valence-electron chi connectivity index (χ3n) is 2.86. The van der Waals surface area contributed by atoms with Crippen LogP contribution in [0, 0.1) is 6.92 Å². The van der Waals surface area contributed by atoms with Gasteiger partial charge in [0.2, 0.25) is 5.89 Å². The number of nitrogens with one attached hydrogen (secondary N) is 1. The highest BCUT2D eigenvalue weighted by Gasteiger charge is 2.09. The molecule has 2 heterocycles. The highest BCUT2D eigenvalue weighted by molar-refractivity contribution is 5.60. The molecule has 0 aliphatic carbocycles. The molecule has 0 amide bonds. The average Bonchev–Trinajstić information content (AvgIpc) is 3.14. The third-order valence-corrected chi connectivity index (χ3v) is 2.86. The number of ether oxygens (including phenoxy) is 1. The van der Waals surface area contributed by atoms with Gasteiger partial charge in [-0.15, -0.1) is 5.10 Å². The number of methoxy groups -OCH3 is 1. The van der Waals surface area contributed by atoms with E-state index in [9.17, 15) is 0 Å². The molecule has 7 nitrogen and oxygen atoms in total. The van der Waals surface area contributed by atoms with Gasteiger partial charge >= 0.3 is 6.01 Å². The first-order valence-corrected chi connectivity index (χ1v) is 6.38. The van der Waals surface area contributed by atoms with E-state index in [0.717, 1.165) is 17.0 Å². The number of benzene rings is 1. The van der Waals surface area contributed by atoms with Crippen molar-refractivity contribution in [2.75, 3.05) is 12.4 Å². The fraction of sp³-hybridized carbons (Fsp3) is 0.214. The van der Waals surface area contributed by atoms with E-state index in [1.165, 1.54) is 0 Å². The maximum Gasteiger partial charge on any atom is 0.315 e. The minimum Gasteiger partial charge on any atom is -0.497 e. The maximum absolute atomic E-state index is 5.28. The summed E-state index contributed by atoms with van der Waals surface area (Å²) in [7, 11) is 1.63. The molecule has 0 aliphatic heterocycles. The van der Waals surface area contributed by atoms with E-state index in [4.69, 9.17) is 13.7 Å². The molecule has 21 heavy (non-hydrogen) atoms. The van der Waals surface area contributed by atoms with Gasteiger partial charge in [-0.25, -0.2) is 0 Å². The highest BCUT2D eigenvalue weighted by atomic mass is 16.5. The summed E-state index contributed by atoms with van der Waals surface area (Å²) < 4.78 is 15.7. The van der Waals surface area contributed by atoms with Crippen molar-refractivity contribution < 1.29 is 13.7 Å². The second-order valence-corrected chi connectivity index (χ2v) is 4.39. The predicted molar refractivity (Wildman–Crippen MR) is 74.9 cm³/mol. The van der Waals surface area contributed by atoms with Crippen LogP contribution < -0.4 is 10.1 Å². The van der Waals surface area contributed by atoms with Crippen molar-refractivity contribution in [1.29, 1.82) is 0 Å². The number of nitrogens with zero attached hydrogens (tertiary/aromatic N) is 3. The zero-order valence-corrected chi connectivity index (χ0v) is 11.7. The summed E-state index contributed by atoms with van der Waals surface area (Å²) >= 11 is 0. The fourth-order valence-corrected chi connectivity index (χ4v) is 1.85. The Hall–Kier alpha value is -2.83. The SMILES string of the molecule is COc1cccc(-c2cc(CNc3nnc(C)o3)on2)c1. The molecule has 7 heteroatoms. The Kier molecular flexibility index (Phi) is 3.55. The predicted octanol–water partition coefficient (Wildman–Crippen LogP) is 2.65. The summed E-state index contributed by atoms with van der Waals surface area (Å²) in [6.07, 6.45) is 0. The number of aromatic nitrogens is 3. The molecule has 0 unspecified atom stereocenters. The average molecular weight is 286 g/mol. The van der Waals surface area contributed by atoms with Crippen LogP contribution in [0.25, 0.3) is 11.3 Å². The van der Waals surface area contributed by atoms with E-state index >= 15 is 0 Å². The van der Waals surface area contributed by atoms with Gasteiger partial charge in [0.15, 0.2) is 5.76 Å². The molecule has 0 spiro atoms. The lowest BCUT2D eigenvalue weighted by Gasteiger charge is -2.00. The van der Waals surface area contributed by atoms with Crippen LogP contribution in [-0.2, 0) is 6.54 Å². The summed E-state index contributed by atoms with van der Waals surface area (Å²) in [6.45, 7) is 2.14. The summed E-state index contributed by atoms with van der Waals surface area (Å²) in [5, 5.41) is 14.6. The molecule has 108 valence electrons. The minimum atomic E-state index is 0.354. The van der Waals surface area contributed by atoms with Crippen LogP contribution in [0.2, 0.25) is 0 Å². The smallest absolute Gasteiger partial charge is 0.315 e. The number of rotatable bonds is 5. The Morgan fingerprint density at radius 1 is 1.24 bits per heavy atom. The van der Waals surface area contributed by atoms with Crippen LogP contribution in [0.5, 0.6) is 5.75 Å². The van der Waals surface area contributed by atoms with Gasteiger partial charge in [-0.05, 0) is 12.1 Å². The summed E-state index contributed by atoms with van der Waals surface area (Å²) in [5.41, 5.74) is 1.67. The topological polar surface area (TPSA) is 86.2 Å². The normalized spacial score (nSPS) is 10.6. The van der Waals surface area contributed by atoms with Gasteiger partial charge in [-0.3, -0.25) is 0 Å². The van der Waals surface area contributed by atoms with Gasteiger partial charge in [0, 0.05) is 18.6 Å². The molecule has 1 N–H and O–H groups in total. The van der Waals surface area contributed by atoms with E-state index in [1.807, 2.05) is 30.3 Å². The molecule has 0 saturated heterocycles. The molecule has 1 aromatic carbocycles. The molecular weight excluding hydrogens is 272 g/mol. The molecule has 2 aromatic heterocycles. The van der Waals surface area contributed by atoms with Crippen LogP contribution in [-0.4, -0.2) is 22.5 Å². The van der Waals surface area contributed by atoms with Crippen molar-refractivity contribution in [3.05, 3.63) is 42.0 Å². The Labute approximate surface area is 120 Å². The standard InChI is InChI=1S/C14H14N4O3/c1-9-16-17-14(20-9)15-8-12-7-13(18-21-12)10-4-3-5-11(6-10)19-2/h3-7H,8H2,1-2H3,(H,15,17). The van der Waals surface area contributed by atoms with Gasteiger partial charge in [0.05, 0.1) is 13.7 Å². The first-order valence-electron chi connectivity index (χ1n) is 6.38. The lowest BCUT2D eigenvalue weighted by molar-refractivity contribution is 0.388. The number of hydrogen-bond donors (Lipinski definition) is 1. The molecular formula is C14H14N4O3. The van der Waals surface area contributed by atoms with E-state index in [0.29, 0.717) is 24.2 Å². The van der Waals surface area contributed by atoms with E-state index in [2.05, 4.69) is 20.7 Å². The van der Waals surface area contributed by atoms with E-state index in [1.54, 1.807) is 14.0 Å². The van der Waals surface area contributed by atoms with Crippen LogP contribution in [0.1, 0.15) is 11.7 Å². The number of aryl methyl sites for hydroxylation is 1. The molecule has 3 aromatic rings. The minimum absolute atomic E-state index is 0.354. The molecule has 0 bridgehead atoms. The van der Waals surface area contributed by atoms with Crippen LogP contribution in [0.3, 0.4) is 0 Å². The summed E-state index contributed by atoms with van der Waals surface area (Å²) in [5.74, 6) is 1.95. The Morgan fingerprint density at radius 3 is 2.90 bits per heavy atom. The van der Waals surface area contributed by atoms with Crippen LogP contribution in [0.4, 0.5) is 6.01 Å². The Balaban J connectivity index is 1.70. The van der Waals surface area contributed by atoms with Crippen molar-refractivity contribution in [1.82, 2.24) is 15.4 Å². The fourth-order valence-electron chi connectivity index (χ4n) is 1.85. The molecule has 0 fully saturated rings. The highest BCUT2D eigenvalue weighted by Crippen LogP contribution is 2.23. The largest absolute Gasteiger partial charge is 0.497 e. The van der Waals surface area contributed by atoms with Crippen LogP contribution in [0.15, 0.2) is 39.3 Å². The molecule has 0 atom stereocenters. The van der Waals surface area contributed by atoms with Crippen molar-refractivity contribution in [3.8, 4) is 17.0 Å². The van der Waals surface area contributed by atoms with Crippen LogP contribution >= 0.6 is 0 Å². The third kappa shape index (κ3) is 3.02. The Bertz CT molecular complexity index is 735. The van der Waals surface area contributed by atoms with Crippen molar-refractivity contribution in [2.24, 2.45) is 0 Å². The molecule has 0 radical (unpaired) electrons.